The summed E-state index contributed by atoms with van der Waals surface area (Å²) in [6.07, 6.45) is 0. The van der Waals surface area contributed by atoms with Crippen LogP contribution >= 0.6 is 11.6 Å². The number of rotatable bonds is 2. The van der Waals surface area contributed by atoms with Crippen molar-refractivity contribution in [2.45, 2.75) is 13.8 Å². The van der Waals surface area contributed by atoms with Gasteiger partial charge < -0.3 is 5.32 Å². The van der Waals surface area contributed by atoms with Crippen molar-refractivity contribution >= 4 is 23.2 Å². The molecule has 1 N–H and O–H groups in total. The van der Waals surface area contributed by atoms with Crippen LogP contribution in [0.25, 0.3) is 0 Å². The Labute approximate surface area is 119 Å². The van der Waals surface area contributed by atoms with Gasteiger partial charge in [0.25, 0.3) is 5.91 Å². The second-order valence-corrected chi connectivity index (χ2v) is 4.69. The molecule has 0 radical (unpaired) electrons. The molecule has 0 atom stereocenters. The van der Waals surface area contributed by atoms with Crippen LogP contribution < -0.4 is 5.32 Å². The van der Waals surface area contributed by atoms with Crippen LogP contribution in [0.15, 0.2) is 24.3 Å². The van der Waals surface area contributed by atoms with Gasteiger partial charge in [-0.2, -0.15) is 0 Å². The highest BCUT2D eigenvalue weighted by Gasteiger charge is 2.15. The first kappa shape index (κ1) is 14.4. The maximum Gasteiger partial charge on any atom is 0.258 e. The Hall–Kier alpha value is -2.01. The van der Waals surface area contributed by atoms with Gasteiger partial charge in [-0.1, -0.05) is 11.6 Å². The van der Waals surface area contributed by atoms with Crippen molar-refractivity contribution in [3.63, 3.8) is 0 Å². The fourth-order valence-corrected chi connectivity index (χ4v) is 1.87. The van der Waals surface area contributed by atoms with Crippen LogP contribution in [0.3, 0.4) is 0 Å². The molecule has 1 aromatic heterocycles. The highest BCUT2D eigenvalue weighted by atomic mass is 35.5. The van der Waals surface area contributed by atoms with Crippen molar-refractivity contribution in [3.05, 3.63) is 57.9 Å². The van der Waals surface area contributed by atoms with E-state index in [2.05, 4.69) is 10.3 Å². The van der Waals surface area contributed by atoms with Gasteiger partial charge >= 0.3 is 0 Å². The lowest BCUT2D eigenvalue weighted by Gasteiger charge is -2.09. The van der Waals surface area contributed by atoms with Gasteiger partial charge in [0.05, 0.1) is 16.9 Å². The van der Waals surface area contributed by atoms with Gasteiger partial charge in [0.15, 0.2) is 0 Å². The molecule has 3 nitrogen and oxygen atoms in total. The second-order valence-electron chi connectivity index (χ2n) is 4.30. The van der Waals surface area contributed by atoms with Gasteiger partial charge in [-0.25, -0.2) is 13.8 Å². The second kappa shape index (κ2) is 5.54. The van der Waals surface area contributed by atoms with Crippen molar-refractivity contribution < 1.29 is 13.6 Å². The van der Waals surface area contributed by atoms with E-state index in [0.717, 1.165) is 0 Å². The van der Waals surface area contributed by atoms with Gasteiger partial charge in [-0.15, -0.1) is 0 Å². The summed E-state index contributed by atoms with van der Waals surface area (Å²) in [5, 5.41) is 2.81. The molecule has 1 amide bonds. The fourth-order valence-electron chi connectivity index (χ4n) is 1.68. The molecule has 0 spiro atoms. The lowest BCUT2D eigenvalue weighted by molar-refractivity contribution is 0.102. The molecular weight excluding hydrogens is 286 g/mol. The summed E-state index contributed by atoms with van der Waals surface area (Å²) in [6.45, 7) is 3.12. The van der Waals surface area contributed by atoms with E-state index in [1.807, 2.05) is 0 Å². The molecule has 0 aliphatic rings. The summed E-state index contributed by atoms with van der Waals surface area (Å²) in [7, 11) is 0. The average Bonchev–Trinajstić information content (AvgIpc) is 2.37. The molecule has 1 heterocycles. The van der Waals surface area contributed by atoms with Crippen LogP contribution in [-0.2, 0) is 0 Å². The molecule has 20 heavy (non-hydrogen) atoms. The monoisotopic (exact) mass is 296 g/mol. The Kier molecular flexibility index (Phi) is 3.99. The van der Waals surface area contributed by atoms with Crippen LogP contribution in [0.5, 0.6) is 0 Å². The zero-order chi connectivity index (χ0) is 14.9. The maximum absolute atomic E-state index is 13.6. The van der Waals surface area contributed by atoms with Gasteiger partial charge in [0.2, 0.25) is 0 Å². The average molecular weight is 297 g/mol. The predicted molar refractivity (Wildman–Crippen MR) is 73.0 cm³/mol. The van der Waals surface area contributed by atoms with Gasteiger partial charge in [-0.3, -0.25) is 4.79 Å². The van der Waals surface area contributed by atoms with Gasteiger partial charge in [-0.05, 0) is 37.6 Å². The molecule has 0 fully saturated rings. The molecule has 0 unspecified atom stereocenters. The molecule has 2 aromatic rings. The molecule has 1 aromatic carbocycles. The standard InChI is InChI=1S/C14H11ClF2N2O/c1-7-5-9(11(17)6-10(7)16)14(20)19-12-3-4-13(15)18-8(12)2/h3-6H,1-2H3,(H,19,20). The van der Waals surface area contributed by atoms with Crippen molar-refractivity contribution in [2.24, 2.45) is 0 Å². The van der Waals surface area contributed by atoms with Crippen molar-refractivity contribution in [2.75, 3.05) is 5.32 Å². The highest BCUT2D eigenvalue weighted by Crippen LogP contribution is 2.19. The summed E-state index contributed by atoms with van der Waals surface area (Å²) >= 11 is 5.71. The molecule has 2 rings (SSSR count). The smallest absolute Gasteiger partial charge is 0.258 e. The van der Waals surface area contributed by atoms with Crippen LogP contribution in [0.1, 0.15) is 21.6 Å². The maximum atomic E-state index is 13.6. The van der Waals surface area contributed by atoms with Crippen molar-refractivity contribution in [3.8, 4) is 0 Å². The zero-order valence-corrected chi connectivity index (χ0v) is 11.6. The highest BCUT2D eigenvalue weighted by molar-refractivity contribution is 6.29. The lowest BCUT2D eigenvalue weighted by atomic mass is 10.1. The molecule has 0 bridgehead atoms. The molecule has 0 saturated carbocycles. The molecule has 104 valence electrons. The third kappa shape index (κ3) is 2.93. The van der Waals surface area contributed by atoms with Crippen molar-refractivity contribution in [1.82, 2.24) is 4.98 Å². The fraction of sp³-hybridized carbons (Fsp3) is 0.143. The van der Waals surface area contributed by atoms with E-state index in [1.54, 1.807) is 13.0 Å². The molecular formula is C14H11ClF2N2O. The SMILES string of the molecule is Cc1cc(C(=O)Nc2ccc(Cl)nc2C)c(F)cc1F. The lowest BCUT2D eigenvalue weighted by Crippen LogP contribution is -2.15. The predicted octanol–water partition coefficient (Wildman–Crippen LogP) is 3.88. The third-order valence-electron chi connectivity index (χ3n) is 2.79. The number of benzene rings is 1. The first-order chi connectivity index (χ1) is 9.38. The summed E-state index contributed by atoms with van der Waals surface area (Å²) in [5.41, 5.74) is 0.895. The first-order valence-corrected chi connectivity index (χ1v) is 6.16. The van der Waals surface area contributed by atoms with E-state index in [9.17, 15) is 13.6 Å². The van der Waals surface area contributed by atoms with E-state index in [-0.39, 0.29) is 11.1 Å². The minimum Gasteiger partial charge on any atom is -0.320 e. The summed E-state index contributed by atoms with van der Waals surface area (Å²) < 4.78 is 26.8. The number of nitrogens with zero attached hydrogens (tertiary/aromatic N) is 1. The van der Waals surface area contributed by atoms with Gasteiger partial charge in [0, 0.05) is 6.07 Å². The number of hydrogen-bond acceptors (Lipinski definition) is 2. The van der Waals surface area contributed by atoms with Crippen LogP contribution in [0.2, 0.25) is 5.15 Å². The molecule has 0 aliphatic heterocycles. The number of hydrogen-bond donors (Lipinski definition) is 1. The number of anilines is 1. The number of amides is 1. The number of halogens is 3. The Morgan fingerprint density at radius 1 is 1.20 bits per heavy atom. The quantitative estimate of drug-likeness (QED) is 0.855. The normalized spacial score (nSPS) is 10.4. The van der Waals surface area contributed by atoms with Gasteiger partial charge in [0.1, 0.15) is 16.8 Å². The van der Waals surface area contributed by atoms with E-state index in [1.165, 1.54) is 19.1 Å². The summed E-state index contributed by atoms with van der Waals surface area (Å²) in [5.74, 6) is -2.27. The minimum atomic E-state index is -0.912. The number of aryl methyl sites for hydroxylation is 2. The van der Waals surface area contributed by atoms with E-state index >= 15 is 0 Å². The number of aromatic nitrogens is 1. The zero-order valence-electron chi connectivity index (χ0n) is 10.8. The topological polar surface area (TPSA) is 42.0 Å². The van der Waals surface area contributed by atoms with E-state index in [0.29, 0.717) is 22.6 Å². The van der Waals surface area contributed by atoms with Crippen LogP contribution in [0, 0.1) is 25.5 Å². The number of carbonyl (C=O) groups is 1. The number of carbonyl (C=O) groups excluding carboxylic acids is 1. The van der Waals surface area contributed by atoms with E-state index < -0.39 is 17.5 Å². The Bertz CT molecular complexity index is 689. The molecule has 0 aliphatic carbocycles. The molecule has 6 heteroatoms. The Morgan fingerprint density at radius 2 is 1.90 bits per heavy atom. The van der Waals surface area contributed by atoms with Crippen LogP contribution in [-0.4, -0.2) is 10.9 Å². The van der Waals surface area contributed by atoms with E-state index in [4.69, 9.17) is 11.6 Å². The van der Waals surface area contributed by atoms with Crippen LogP contribution in [0.4, 0.5) is 14.5 Å². The largest absolute Gasteiger partial charge is 0.320 e. The molecule has 0 saturated heterocycles. The Morgan fingerprint density at radius 3 is 2.55 bits per heavy atom. The Balaban J connectivity index is 2.31. The van der Waals surface area contributed by atoms with Crippen molar-refractivity contribution in [1.29, 1.82) is 0 Å². The first-order valence-electron chi connectivity index (χ1n) is 5.78. The number of nitrogens with one attached hydrogen (secondary N) is 1. The third-order valence-corrected chi connectivity index (χ3v) is 3.00. The summed E-state index contributed by atoms with van der Waals surface area (Å²) in [6, 6.07) is 4.93. The summed E-state index contributed by atoms with van der Waals surface area (Å²) in [4.78, 5) is 16.0. The minimum absolute atomic E-state index is 0.197. The number of pyridine rings is 1.